The number of ketones is 4. The molecule has 3 saturated carbocycles. The Morgan fingerprint density at radius 1 is 0.733 bits per heavy atom. The fraction of sp³-hybridized carbons (Fsp3) is 0.353. The maximum atomic E-state index is 15.0. The zero-order chi connectivity index (χ0) is 32.2. The monoisotopic (exact) mass is 610 g/mol. The summed E-state index contributed by atoms with van der Waals surface area (Å²) in [5.74, 6) is -11.4. The Morgan fingerprint density at radius 2 is 1.24 bits per heavy atom. The summed E-state index contributed by atoms with van der Waals surface area (Å²) in [6, 6.07) is 5.56. The highest BCUT2D eigenvalue weighted by molar-refractivity contribution is 6.31. The van der Waals surface area contributed by atoms with Crippen LogP contribution in [0.4, 0.5) is 0 Å². The average Bonchev–Trinajstić information content (AvgIpc) is 3.28. The molecule has 11 nitrogen and oxygen atoms in total. The van der Waals surface area contributed by atoms with Gasteiger partial charge < -0.3 is 24.8 Å². The molecule has 0 radical (unpaired) electrons. The number of hydrogen-bond acceptors (Lipinski definition) is 11. The van der Waals surface area contributed by atoms with Crippen LogP contribution < -0.4 is 0 Å². The largest absolute Gasteiger partial charge is 0.507 e. The van der Waals surface area contributed by atoms with Gasteiger partial charge in [0.25, 0.3) is 0 Å². The number of fused-ring (bicyclic) bond motifs is 4. The maximum absolute atomic E-state index is 15.0. The smallest absolute Gasteiger partial charge is 0.302 e. The summed E-state index contributed by atoms with van der Waals surface area (Å²) in [5, 5.41) is 33.6. The second-order valence-corrected chi connectivity index (χ2v) is 13.0. The molecule has 2 spiro atoms. The number of aromatic hydroxyl groups is 2. The number of allylic oxidation sites excluding steroid dienone is 2. The second kappa shape index (κ2) is 8.15. The van der Waals surface area contributed by atoms with Crippen molar-refractivity contribution >= 4 is 40.8 Å². The van der Waals surface area contributed by atoms with Gasteiger partial charge in [0.05, 0.1) is 33.4 Å². The summed E-state index contributed by atoms with van der Waals surface area (Å²) in [6.45, 7) is 5.52. The van der Waals surface area contributed by atoms with Crippen LogP contribution in [-0.2, 0) is 23.9 Å². The number of carbonyl (C=O) groups is 6. The quantitative estimate of drug-likeness (QED) is 0.425. The molecule has 11 heteroatoms. The second-order valence-electron chi connectivity index (χ2n) is 13.0. The Bertz CT molecular complexity index is 2000. The number of ether oxygens (including phenoxy) is 2. The third kappa shape index (κ3) is 2.75. The van der Waals surface area contributed by atoms with Gasteiger partial charge in [0.2, 0.25) is 0 Å². The van der Waals surface area contributed by atoms with Crippen LogP contribution in [0.1, 0.15) is 61.6 Å². The maximum Gasteiger partial charge on any atom is 0.302 e. The van der Waals surface area contributed by atoms with Crippen molar-refractivity contribution in [1.29, 1.82) is 0 Å². The lowest BCUT2D eigenvalue weighted by molar-refractivity contribution is -0.157. The van der Waals surface area contributed by atoms with E-state index in [4.69, 9.17) is 9.47 Å². The van der Waals surface area contributed by atoms with Gasteiger partial charge in [-0.15, -0.1) is 0 Å². The fourth-order valence-electron chi connectivity index (χ4n) is 9.98. The number of hydrogen-bond donors (Lipinski definition) is 3. The van der Waals surface area contributed by atoms with Gasteiger partial charge in [0.1, 0.15) is 29.5 Å². The molecule has 3 fully saturated rings. The molecule has 6 aliphatic carbocycles. The molecule has 0 amide bonds. The number of carbonyl (C=O) groups excluding carboxylic acids is 6. The normalized spacial score (nSPS) is 34.6. The van der Waals surface area contributed by atoms with Crippen molar-refractivity contribution in [3.63, 3.8) is 0 Å². The van der Waals surface area contributed by atoms with Crippen LogP contribution >= 0.6 is 0 Å². The van der Waals surface area contributed by atoms with E-state index in [0.29, 0.717) is 11.1 Å². The Kier molecular flexibility index (Phi) is 4.98. The molecule has 0 aromatic heterocycles. The Labute approximate surface area is 255 Å². The molecule has 45 heavy (non-hydrogen) atoms. The molecule has 8 rings (SSSR count). The number of esters is 2. The van der Waals surface area contributed by atoms with E-state index in [-0.39, 0.29) is 33.4 Å². The topological polar surface area (TPSA) is 182 Å². The molecular formula is C34H26O11. The fourth-order valence-corrected chi connectivity index (χ4v) is 9.98. The van der Waals surface area contributed by atoms with E-state index < -0.39 is 99.0 Å². The van der Waals surface area contributed by atoms with Crippen LogP contribution in [0.15, 0.2) is 41.5 Å². The minimum absolute atomic E-state index is 0.104. The predicted molar refractivity (Wildman–Crippen MR) is 151 cm³/mol. The molecule has 8 atom stereocenters. The molecule has 0 saturated heterocycles. The van der Waals surface area contributed by atoms with Crippen LogP contribution in [0.5, 0.6) is 11.5 Å². The summed E-state index contributed by atoms with van der Waals surface area (Å²) in [7, 11) is 0. The molecule has 0 unspecified atom stereocenters. The van der Waals surface area contributed by atoms with Crippen molar-refractivity contribution < 1.29 is 53.6 Å². The first kappa shape index (κ1) is 27.5. The van der Waals surface area contributed by atoms with Crippen molar-refractivity contribution in [2.24, 2.45) is 34.5 Å². The van der Waals surface area contributed by atoms with Crippen molar-refractivity contribution in [2.45, 2.75) is 39.9 Å². The van der Waals surface area contributed by atoms with E-state index in [2.05, 4.69) is 0 Å². The number of rotatable bonds is 2. The predicted octanol–water partition coefficient (Wildman–Crippen LogP) is 3.11. The van der Waals surface area contributed by atoms with E-state index in [1.165, 1.54) is 30.3 Å². The number of phenolic OH excluding ortho intramolecular Hbond substituents is 2. The van der Waals surface area contributed by atoms with Gasteiger partial charge in [-0.2, -0.15) is 0 Å². The van der Waals surface area contributed by atoms with Gasteiger partial charge in [-0.1, -0.05) is 6.08 Å². The minimum atomic E-state index is -2.07. The highest BCUT2D eigenvalue weighted by atomic mass is 16.6. The van der Waals surface area contributed by atoms with Crippen molar-refractivity contribution in [3.8, 4) is 11.5 Å². The Balaban J connectivity index is 1.55. The van der Waals surface area contributed by atoms with Gasteiger partial charge in [-0.25, -0.2) is 0 Å². The van der Waals surface area contributed by atoms with E-state index in [9.17, 15) is 34.5 Å². The molecule has 3 N–H and O–H groups in total. The molecule has 0 heterocycles. The molecule has 2 aromatic carbocycles. The molecule has 228 valence electrons. The average molecular weight is 611 g/mol. The van der Waals surface area contributed by atoms with Crippen molar-refractivity contribution in [2.75, 3.05) is 0 Å². The first-order chi connectivity index (χ1) is 21.2. The van der Waals surface area contributed by atoms with Gasteiger partial charge in [0.15, 0.2) is 23.1 Å². The van der Waals surface area contributed by atoms with Crippen LogP contribution in [-0.4, -0.2) is 62.6 Å². The minimum Gasteiger partial charge on any atom is -0.507 e. The van der Waals surface area contributed by atoms with E-state index in [1.54, 1.807) is 13.8 Å². The number of benzene rings is 2. The van der Waals surface area contributed by atoms with E-state index in [0.717, 1.165) is 13.8 Å². The molecule has 0 aliphatic heterocycles. The Morgan fingerprint density at radius 3 is 1.84 bits per heavy atom. The standard InChI is InChI=1S/C34H26O11/c1-10-5-14-20(18(37)7-10)26(39)16-9-17-29(44-12(3)35)22-23-30(45-13(4)36)25(33(16,22)31(14)42)28(41)24-27(40)21-15(32(43)34(17,23)24)6-11(2)8-19(21)38/h5-9,17,22-23,25,29-30,37-38,40H,1-4H3/t17-,22-,23-,25-,29+,30-,33-,34+/m0/s1. The molecule has 6 aliphatic rings. The third-order valence-corrected chi connectivity index (χ3v) is 10.9. The lowest BCUT2D eigenvalue weighted by Crippen LogP contribution is -2.63. The van der Waals surface area contributed by atoms with Gasteiger partial charge >= 0.3 is 11.9 Å². The summed E-state index contributed by atoms with van der Waals surface area (Å²) in [5.41, 5.74) is -4.43. The number of aliphatic hydroxyl groups excluding tert-OH is 1. The summed E-state index contributed by atoms with van der Waals surface area (Å²) >= 11 is 0. The van der Waals surface area contributed by atoms with Crippen LogP contribution in [0.3, 0.4) is 0 Å². The van der Waals surface area contributed by atoms with E-state index >= 15 is 9.59 Å². The number of aliphatic hydroxyl groups is 1. The lowest BCUT2D eigenvalue weighted by Gasteiger charge is -2.53. The molecule has 4 bridgehead atoms. The Hall–Kier alpha value is -5.06. The van der Waals surface area contributed by atoms with Gasteiger partial charge in [-0.05, 0) is 49.2 Å². The summed E-state index contributed by atoms with van der Waals surface area (Å²) in [6.07, 6.45) is -1.26. The SMILES string of the molecule is CC(=O)O[C@H]1[C@@H]2[C@H]3[C@H](OC(C)=O)[C@@H]4C(=O)C5=C(O)c6c(O)cc(C)cc6C(=O)[C@@]53[C@H]1C=C1C(=O)c3c(O)cc(C)cc3C(=O)[C@@]124. The number of aryl methyl sites for hydroxylation is 2. The highest BCUT2D eigenvalue weighted by Gasteiger charge is 2.89. The van der Waals surface area contributed by atoms with Crippen molar-refractivity contribution in [3.05, 3.63) is 74.9 Å². The van der Waals surface area contributed by atoms with Gasteiger partial charge in [0, 0.05) is 48.3 Å². The molecular weight excluding hydrogens is 584 g/mol. The van der Waals surface area contributed by atoms with Crippen LogP contribution in [0.2, 0.25) is 0 Å². The summed E-state index contributed by atoms with van der Waals surface area (Å²) in [4.78, 5) is 84.6. The van der Waals surface area contributed by atoms with Crippen LogP contribution in [0, 0.1) is 48.3 Å². The first-order valence-corrected chi connectivity index (χ1v) is 14.6. The lowest BCUT2D eigenvalue weighted by atomic mass is 9.47. The zero-order valence-electron chi connectivity index (χ0n) is 24.5. The molecule has 2 aromatic rings. The number of Topliss-reactive ketones (excluding diaryl/α,β-unsaturated/α-hetero) is 4. The highest BCUT2D eigenvalue weighted by Crippen LogP contribution is 2.80. The third-order valence-electron chi connectivity index (χ3n) is 10.9. The number of phenols is 2. The van der Waals surface area contributed by atoms with Gasteiger partial charge in [-0.3, -0.25) is 28.8 Å². The van der Waals surface area contributed by atoms with Crippen LogP contribution in [0.25, 0.3) is 5.76 Å². The zero-order valence-corrected chi connectivity index (χ0v) is 24.5. The van der Waals surface area contributed by atoms with Crippen molar-refractivity contribution in [1.82, 2.24) is 0 Å². The summed E-state index contributed by atoms with van der Waals surface area (Å²) < 4.78 is 11.7. The first-order valence-electron chi connectivity index (χ1n) is 14.6. The van der Waals surface area contributed by atoms with E-state index in [1.807, 2.05) is 0 Å².